The first kappa shape index (κ1) is 15.9. The molecule has 1 heterocycles. The summed E-state index contributed by atoms with van der Waals surface area (Å²) in [6.45, 7) is 3.82. The van der Waals surface area contributed by atoms with Gasteiger partial charge in [0.1, 0.15) is 10.7 Å². The molecular weight excluding hydrogens is 327 g/mol. The van der Waals surface area contributed by atoms with E-state index in [1.807, 2.05) is 19.9 Å². The Kier molecular flexibility index (Phi) is 4.98. The summed E-state index contributed by atoms with van der Waals surface area (Å²) in [7, 11) is 0. The van der Waals surface area contributed by atoms with Gasteiger partial charge in [-0.15, -0.1) is 0 Å². The monoisotopic (exact) mass is 340 g/mol. The van der Waals surface area contributed by atoms with Crippen LogP contribution in [-0.2, 0) is 0 Å². The summed E-state index contributed by atoms with van der Waals surface area (Å²) in [4.78, 5) is 8.85. The van der Waals surface area contributed by atoms with Crippen LogP contribution in [0.4, 0.5) is 5.95 Å². The molecule has 2 rings (SSSR count). The number of nitrogens with two attached hydrogens (primary N) is 1. The number of hydrogen-bond donors (Lipinski definition) is 2. The van der Waals surface area contributed by atoms with Gasteiger partial charge in [-0.05, 0) is 37.6 Å². The normalized spacial score (nSPS) is 12.0. The standard InChI is InChI=1S/C14H14Cl2N4S/c1-7-5-12(13(17)21)20-14(18-7)19-8(2)10-4-3-9(15)6-11(10)16/h3-6,8H,1-2H3,(H2,17,21)(H,18,19,20). The van der Waals surface area contributed by atoms with Crippen LogP contribution < -0.4 is 11.1 Å². The summed E-state index contributed by atoms with van der Waals surface area (Å²) in [5.74, 6) is 0.455. The van der Waals surface area contributed by atoms with Crippen LogP contribution in [0.3, 0.4) is 0 Å². The summed E-state index contributed by atoms with van der Waals surface area (Å²) in [5.41, 5.74) is 7.84. The quantitative estimate of drug-likeness (QED) is 0.826. The van der Waals surface area contributed by atoms with Crippen molar-refractivity contribution in [2.45, 2.75) is 19.9 Å². The predicted molar refractivity (Wildman–Crippen MR) is 91.2 cm³/mol. The molecule has 0 aliphatic rings. The third kappa shape index (κ3) is 4.03. The Bertz CT molecular complexity index is 691. The van der Waals surface area contributed by atoms with Gasteiger partial charge in [0.05, 0.1) is 6.04 Å². The second kappa shape index (κ2) is 6.56. The molecule has 0 fully saturated rings. The van der Waals surface area contributed by atoms with Crippen LogP contribution in [0.2, 0.25) is 10.0 Å². The van der Waals surface area contributed by atoms with Crippen molar-refractivity contribution in [2.75, 3.05) is 5.32 Å². The number of aromatic nitrogens is 2. The lowest BCUT2D eigenvalue weighted by atomic mass is 10.1. The molecule has 2 aromatic rings. The average Bonchev–Trinajstić information content (AvgIpc) is 2.37. The number of hydrogen-bond acceptors (Lipinski definition) is 4. The Morgan fingerprint density at radius 3 is 2.62 bits per heavy atom. The van der Waals surface area contributed by atoms with Crippen molar-refractivity contribution in [3.63, 3.8) is 0 Å². The fourth-order valence-corrected chi connectivity index (χ4v) is 2.56. The maximum atomic E-state index is 6.20. The maximum absolute atomic E-state index is 6.20. The molecule has 4 nitrogen and oxygen atoms in total. The van der Waals surface area contributed by atoms with Gasteiger partial charge in [0.2, 0.25) is 5.95 Å². The lowest BCUT2D eigenvalue weighted by Crippen LogP contribution is -2.16. The zero-order valence-electron chi connectivity index (χ0n) is 11.5. The molecule has 0 saturated carbocycles. The number of nitrogens with one attached hydrogen (secondary N) is 1. The maximum Gasteiger partial charge on any atom is 0.224 e. The molecule has 0 spiro atoms. The third-order valence-corrected chi connectivity index (χ3v) is 3.65. The molecule has 1 unspecified atom stereocenters. The number of anilines is 1. The second-order valence-corrected chi connectivity index (χ2v) is 5.90. The Labute approximate surface area is 138 Å². The van der Waals surface area contributed by atoms with Crippen LogP contribution >= 0.6 is 35.4 Å². The first-order valence-corrected chi connectivity index (χ1v) is 7.40. The smallest absolute Gasteiger partial charge is 0.224 e. The fourth-order valence-electron chi connectivity index (χ4n) is 1.88. The zero-order chi connectivity index (χ0) is 15.6. The molecular formula is C14H14Cl2N4S. The minimum Gasteiger partial charge on any atom is -0.388 e. The van der Waals surface area contributed by atoms with E-state index in [-0.39, 0.29) is 11.0 Å². The number of nitrogens with zero attached hydrogens (tertiary/aromatic N) is 2. The molecule has 0 saturated heterocycles. The van der Waals surface area contributed by atoms with Gasteiger partial charge < -0.3 is 11.1 Å². The van der Waals surface area contributed by atoms with Gasteiger partial charge in [-0.2, -0.15) is 0 Å². The van der Waals surface area contributed by atoms with Crippen LogP contribution in [0, 0.1) is 6.92 Å². The molecule has 0 aliphatic heterocycles. The van der Waals surface area contributed by atoms with E-state index >= 15 is 0 Å². The number of thiocarbonyl (C=S) groups is 1. The van der Waals surface area contributed by atoms with Gasteiger partial charge in [-0.1, -0.05) is 41.5 Å². The van der Waals surface area contributed by atoms with Crippen molar-refractivity contribution in [2.24, 2.45) is 5.73 Å². The molecule has 3 N–H and O–H groups in total. The van der Waals surface area contributed by atoms with Crippen LogP contribution in [0.25, 0.3) is 0 Å². The number of rotatable bonds is 4. The van der Waals surface area contributed by atoms with Crippen LogP contribution in [0.15, 0.2) is 24.3 Å². The van der Waals surface area contributed by atoms with Crippen molar-refractivity contribution in [1.82, 2.24) is 9.97 Å². The zero-order valence-corrected chi connectivity index (χ0v) is 13.9. The van der Waals surface area contributed by atoms with Gasteiger partial charge in [0.15, 0.2) is 0 Å². The van der Waals surface area contributed by atoms with E-state index in [0.717, 1.165) is 11.3 Å². The topological polar surface area (TPSA) is 63.8 Å². The highest BCUT2D eigenvalue weighted by Gasteiger charge is 2.12. The average molecular weight is 341 g/mol. The minimum atomic E-state index is -0.0873. The van der Waals surface area contributed by atoms with E-state index in [4.69, 9.17) is 41.2 Å². The van der Waals surface area contributed by atoms with Crippen molar-refractivity contribution < 1.29 is 0 Å². The fraction of sp³-hybridized carbons (Fsp3) is 0.214. The van der Waals surface area contributed by atoms with E-state index in [1.54, 1.807) is 18.2 Å². The Morgan fingerprint density at radius 1 is 1.29 bits per heavy atom. The number of aryl methyl sites for hydroxylation is 1. The molecule has 21 heavy (non-hydrogen) atoms. The second-order valence-electron chi connectivity index (χ2n) is 4.61. The first-order chi connectivity index (χ1) is 9.86. The molecule has 0 amide bonds. The van der Waals surface area contributed by atoms with Gasteiger partial charge in [-0.3, -0.25) is 0 Å². The van der Waals surface area contributed by atoms with Crippen molar-refractivity contribution in [1.29, 1.82) is 0 Å². The van der Waals surface area contributed by atoms with E-state index < -0.39 is 0 Å². The van der Waals surface area contributed by atoms with E-state index in [9.17, 15) is 0 Å². The van der Waals surface area contributed by atoms with Gasteiger partial charge in [-0.25, -0.2) is 9.97 Å². The molecule has 0 bridgehead atoms. The van der Waals surface area contributed by atoms with Crippen molar-refractivity contribution in [3.8, 4) is 0 Å². The van der Waals surface area contributed by atoms with Crippen molar-refractivity contribution in [3.05, 3.63) is 51.3 Å². The molecule has 1 aromatic carbocycles. The summed E-state index contributed by atoms with van der Waals surface area (Å²) in [6, 6.07) is 7.02. The van der Waals surface area contributed by atoms with Crippen LogP contribution in [0.1, 0.15) is 29.9 Å². The Hall–Kier alpha value is -1.43. The summed E-state index contributed by atoms with van der Waals surface area (Å²) >= 11 is 17.0. The molecule has 1 aromatic heterocycles. The molecule has 7 heteroatoms. The van der Waals surface area contributed by atoms with E-state index in [1.165, 1.54) is 0 Å². The highest BCUT2D eigenvalue weighted by Crippen LogP contribution is 2.27. The summed E-state index contributed by atoms with van der Waals surface area (Å²) in [5, 5.41) is 4.37. The number of benzene rings is 1. The van der Waals surface area contributed by atoms with Crippen LogP contribution in [0.5, 0.6) is 0 Å². The van der Waals surface area contributed by atoms with Crippen LogP contribution in [-0.4, -0.2) is 15.0 Å². The summed E-state index contributed by atoms with van der Waals surface area (Å²) < 4.78 is 0. The third-order valence-electron chi connectivity index (χ3n) is 2.88. The van der Waals surface area contributed by atoms with Gasteiger partial charge in [0.25, 0.3) is 0 Å². The molecule has 0 aliphatic carbocycles. The lowest BCUT2D eigenvalue weighted by molar-refractivity contribution is 0.856. The highest BCUT2D eigenvalue weighted by atomic mass is 35.5. The van der Waals surface area contributed by atoms with E-state index in [0.29, 0.717) is 21.7 Å². The summed E-state index contributed by atoms with van der Waals surface area (Å²) in [6.07, 6.45) is 0. The van der Waals surface area contributed by atoms with Crippen molar-refractivity contribution >= 4 is 46.4 Å². The minimum absolute atomic E-state index is 0.0873. The molecule has 1 atom stereocenters. The molecule has 0 radical (unpaired) electrons. The van der Waals surface area contributed by atoms with Gasteiger partial charge >= 0.3 is 0 Å². The largest absolute Gasteiger partial charge is 0.388 e. The number of halogens is 2. The molecule has 110 valence electrons. The van der Waals surface area contributed by atoms with Gasteiger partial charge in [0, 0.05) is 15.7 Å². The Balaban J connectivity index is 2.27. The SMILES string of the molecule is Cc1cc(C(N)=S)nc(NC(C)c2ccc(Cl)cc2Cl)n1. The Morgan fingerprint density at radius 2 is 2.00 bits per heavy atom. The first-order valence-electron chi connectivity index (χ1n) is 6.24. The predicted octanol–water partition coefficient (Wildman–Crippen LogP) is 3.90. The van der Waals surface area contributed by atoms with E-state index in [2.05, 4.69) is 15.3 Å². The lowest BCUT2D eigenvalue weighted by Gasteiger charge is -2.16. The highest BCUT2D eigenvalue weighted by molar-refractivity contribution is 7.80.